The lowest BCUT2D eigenvalue weighted by molar-refractivity contribution is -0.143. The van der Waals surface area contributed by atoms with Gasteiger partial charge in [0.15, 0.2) is 0 Å². The van der Waals surface area contributed by atoms with Crippen molar-refractivity contribution in [2.24, 2.45) is 0 Å². The van der Waals surface area contributed by atoms with Crippen LogP contribution in [0.4, 0.5) is 0 Å². The normalized spacial score (nSPS) is 11.7. The summed E-state index contributed by atoms with van der Waals surface area (Å²) in [5.41, 5.74) is 2.33. The Morgan fingerprint density at radius 2 is 1.81 bits per heavy atom. The van der Waals surface area contributed by atoms with Gasteiger partial charge in [0.25, 0.3) is 5.91 Å². The number of para-hydroxylation sites is 1. The predicted octanol–water partition coefficient (Wildman–Crippen LogP) is 3.14. The van der Waals surface area contributed by atoms with Crippen molar-refractivity contribution < 1.29 is 14.3 Å². The SMILES string of the molecule is COC(=O)[C@H](CCc1ccccc1)NC(=O)c1cnc2ccccc2c1. The van der Waals surface area contributed by atoms with Gasteiger partial charge in [-0.05, 0) is 30.5 Å². The number of benzene rings is 2. The number of ether oxygens (including phenoxy) is 1. The van der Waals surface area contributed by atoms with E-state index >= 15 is 0 Å². The summed E-state index contributed by atoms with van der Waals surface area (Å²) in [5.74, 6) is -0.797. The highest BCUT2D eigenvalue weighted by Gasteiger charge is 2.22. The number of pyridine rings is 1. The highest BCUT2D eigenvalue weighted by Crippen LogP contribution is 2.13. The number of hydrogen-bond acceptors (Lipinski definition) is 4. The van der Waals surface area contributed by atoms with E-state index in [1.807, 2.05) is 54.6 Å². The van der Waals surface area contributed by atoms with E-state index in [1.54, 1.807) is 6.07 Å². The maximum atomic E-state index is 12.6. The molecule has 0 saturated carbocycles. The molecule has 1 N–H and O–H groups in total. The Kier molecular flexibility index (Phi) is 5.59. The molecule has 0 aliphatic heterocycles. The molecule has 5 nitrogen and oxygen atoms in total. The van der Waals surface area contributed by atoms with Gasteiger partial charge in [-0.2, -0.15) is 0 Å². The van der Waals surface area contributed by atoms with Crippen LogP contribution in [-0.4, -0.2) is 30.0 Å². The van der Waals surface area contributed by atoms with Gasteiger partial charge in [-0.3, -0.25) is 9.78 Å². The minimum Gasteiger partial charge on any atom is -0.467 e. The number of methoxy groups -OCH3 is 1. The van der Waals surface area contributed by atoms with Crippen molar-refractivity contribution in [2.45, 2.75) is 18.9 Å². The van der Waals surface area contributed by atoms with Crippen LogP contribution in [0.15, 0.2) is 66.9 Å². The van der Waals surface area contributed by atoms with E-state index in [0.717, 1.165) is 16.5 Å². The molecule has 0 aliphatic rings. The van der Waals surface area contributed by atoms with E-state index in [9.17, 15) is 9.59 Å². The first-order chi connectivity index (χ1) is 12.7. The first-order valence-corrected chi connectivity index (χ1v) is 8.45. The summed E-state index contributed by atoms with van der Waals surface area (Å²) in [6.07, 6.45) is 2.64. The van der Waals surface area contributed by atoms with Crippen molar-refractivity contribution in [3.05, 3.63) is 78.0 Å². The lowest BCUT2D eigenvalue weighted by Crippen LogP contribution is -2.41. The molecule has 0 aliphatic carbocycles. The van der Waals surface area contributed by atoms with Crippen LogP contribution in [0.5, 0.6) is 0 Å². The fraction of sp³-hybridized carbons (Fsp3) is 0.190. The van der Waals surface area contributed by atoms with Gasteiger partial charge in [0.05, 0.1) is 18.2 Å². The molecular formula is C21H20N2O3. The summed E-state index contributed by atoms with van der Waals surface area (Å²) >= 11 is 0. The van der Waals surface area contributed by atoms with Crippen molar-refractivity contribution in [3.63, 3.8) is 0 Å². The fourth-order valence-electron chi connectivity index (χ4n) is 2.78. The Morgan fingerprint density at radius 1 is 1.08 bits per heavy atom. The second-order valence-corrected chi connectivity index (χ2v) is 5.99. The highest BCUT2D eigenvalue weighted by molar-refractivity contribution is 5.99. The summed E-state index contributed by atoms with van der Waals surface area (Å²) in [6.45, 7) is 0. The second kappa shape index (κ2) is 8.25. The number of fused-ring (bicyclic) bond motifs is 1. The first-order valence-electron chi connectivity index (χ1n) is 8.45. The zero-order valence-electron chi connectivity index (χ0n) is 14.5. The molecule has 0 spiro atoms. The standard InChI is InChI=1S/C21H20N2O3/c1-26-21(25)19(12-11-15-7-3-2-4-8-15)23-20(24)17-13-16-9-5-6-10-18(16)22-14-17/h2-10,13-14,19H,11-12H2,1H3,(H,23,24)/t19-/m0/s1. The number of aryl methyl sites for hydroxylation is 1. The summed E-state index contributed by atoms with van der Waals surface area (Å²) in [5, 5.41) is 3.64. The van der Waals surface area contributed by atoms with E-state index in [1.165, 1.54) is 13.3 Å². The summed E-state index contributed by atoms with van der Waals surface area (Å²) in [4.78, 5) is 28.9. The molecule has 0 fully saturated rings. The molecule has 3 aromatic rings. The van der Waals surface area contributed by atoms with Crippen molar-refractivity contribution in [1.82, 2.24) is 10.3 Å². The van der Waals surface area contributed by atoms with Crippen LogP contribution in [-0.2, 0) is 16.0 Å². The minimum absolute atomic E-state index is 0.341. The number of rotatable bonds is 6. The molecule has 1 atom stereocenters. The Balaban J connectivity index is 1.72. The van der Waals surface area contributed by atoms with Crippen molar-refractivity contribution in [3.8, 4) is 0 Å². The maximum absolute atomic E-state index is 12.6. The Hall–Kier alpha value is -3.21. The number of hydrogen-bond donors (Lipinski definition) is 1. The quantitative estimate of drug-likeness (QED) is 0.695. The summed E-state index contributed by atoms with van der Waals surface area (Å²) in [6, 6.07) is 18.4. The lowest BCUT2D eigenvalue weighted by atomic mass is 10.0. The average molecular weight is 348 g/mol. The van der Waals surface area contributed by atoms with Gasteiger partial charge in [0.2, 0.25) is 0 Å². The Morgan fingerprint density at radius 3 is 2.58 bits per heavy atom. The van der Waals surface area contributed by atoms with Gasteiger partial charge in [0, 0.05) is 11.6 Å². The van der Waals surface area contributed by atoms with Crippen LogP contribution in [0, 0.1) is 0 Å². The van der Waals surface area contributed by atoms with Crippen LogP contribution in [0.1, 0.15) is 22.3 Å². The molecule has 1 aromatic heterocycles. The number of nitrogens with one attached hydrogen (secondary N) is 1. The topological polar surface area (TPSA) is 68.3 Å². The predicted molar refractivity (Wildman–Crippen MR) is 99.8 cm³/mol. The molecule has 26 heavy (non-hydrogen) atoms. The van der Waals surface area contributed by atoms with E-state index in [-0.39, 0.29) is 5.91 Å². The Bertz CT molecular complexity index is 909. The summed E-state index contributed by atoms with van der Waals surface area (Å²) in [7, 11) is 1.32. The Labute approximate surface area is 152 Å². The average Bonchev–Trinajstić information content (AvgIpc) is 2.70. The molecule has 1 amide bonds. The van der Waals surface area contributed by atoms with Gasteiger partial charge in [0.1, 0.15) is 6.04 Å². The molecule has 1 heterocycles. The molecule has 0 unspecified atom stereocenters. The van der Waals surface area contributed by atoms with Crippen LogP contribution >= 0.6 is 0 Å². The van der Waals surface area contributed by atoms with Gasteiger partial charge < -0.3 is 10.1 Å². The second-order valence-electron chi connectivity index (χ2n) is 5.99. The molecule has 132 valence electrons. The van der Waals surface area contributed by atoms with Crippen LogP contribution in [0.25, 0.3) is 10.9 Å². The van der Waals surface area contributed by atoms with Gasteiger partial charge >= 0.3 is 5.97 Å². The number of nitrogens with zero attached hydrogens (tertiary/aromatic N) is 1. The first kappa shape index (κ1) is 17.6. The maximum Gasteiger partial charge on any atom is 0.328 e. The van der Waals surface area contributed by atoms with Gasteiger partial charge in [-0.1, -0.05) is 48.5 Å². The van der Waals surface area contributed by atoms with Gasteiger partial charge in [-0.15, -0.1) is 0 Å². The van der Waals surface area contributed by atoms with Crippen LogP contribution in [0.2, 0.25) is 0 Å². The largest absolute Gasteiger partial charge is 0.467 e. The molecule has 0 saturated heterocycles. The van der Waals surface area contributed by atoms with E-state index in [2.05, 4.69) is 10.3 Å². The highest BCUT2D eigenvalue weighted by atomic mass is 16.5. The van der Waals surface area contributed by atoms with E-state index in [0.29, 0.717) is 18.4 Å². The van der Waals surface area contributed by atoms with Crippen LogP contribution in [0.3, 0.4) is 0 Å². The van der Waals surface area contributed by atoms with Crippen molar-refractivity contribution >= 4 is 22.8 Å². The third-order valence-electron chi connectivity index (χ3n) is 4.21. The van der Waals surface area contributed by atoms with E-state index < -0.39 is 12.0 Å². The minimum atomic E-state index is -0.709. The smallest absolute Gasteiger partial charge is 0.328 e. The third kappa shape index (κ3) is 4.25. The lowest BCUT2D eigenvalue weighted by Gasteiger charge is -2.16. The zero-order chi connectivity index (χ0) is 18.4. The molecule has 2 aromatic carbocycles. The number of carbonyl (C=O) groups is 2. The third-order valence-corrected chi connectivity index (χ3v) is 4.21. The summed E-state index contributed by atoms with van der Waals surface area (Å²) < 4.78 is 4.84. The van der Waals surface area contributed by atoms with Gasteiger partial charge in [-0.25, -0.2) is 4.79 Å². The number of amides is 1. The fourth-order valence-corrected chi connectivity index (χ4v) is 2.78. The number of carbonyl (C=O) groups excluding carboxylic acids is 2. The van der Waals surface area contributed by atoms with Crippen LogP contribution < -0.4 is 5.32 Å². The molecule has 5 heteroatoms. The molecule has 3 rings (SSSR count). The zero-order valence-corrected chi connectivity index (χ0v) is 14.5. The number of aromatic nitrogens is 1. The van der Waals surface area contributed by atoms with Crippen molar-refractivity contribution in [1.29, 1.82) is 0 Å². The van der Waals surface area contributed by atoms with E-state index in [4.69, 9.17) is 4.74 Å². The molecule has 0 radical (unpaired) electrons. The molecule has 0 bridgehead atoms. The molecular weight excluding hydrogens is 328 g/mol. The number of esters is 1. The van der Waals surface area contributed by atoms with Crippen molar-refractivity contribution in [2.75, 3.05) is 7.11 Å². The monoisotopic (exact) mass is 348 g/mol.